The fraction of sp³-hybridized carbons (Fsp3) is 0.385. The molecule has 188 valence electrons. The first-order valence-electron chi connectivity index (χ1n) is 12.0. The molecule has 8 nitrogen and oxygen atoms in total. The molecule has 1 N–H and O–H groups in total. The summed E-state index contributed by atoms with van der Waals surface area (Å²) in [6.07, 6.45) is 3.72. The molecule has 2 aliphatic heterocycles. The number of benzene rings is 2. The van der Waals surface area contributed by atoms with Gasteiger partial charge in [-0.3, -0.25) is 14.6 Å². The molecular formula is C26H29N5O3S2. The van der Waals surface area contributed by atoms with Gasteiger partial charge in [0.1, 0.15) is 10.8 Å². The standard InChI is InChI=1S/C26H29N5O3S2/c1-30(26(33)17-3-6-23-22(13-17)28-24(32)16-36-23)18-7-9-31(10-8-18)11-12-35-25-15-27-20-5-4-19(34-2)14-21(20)29-25/h3-6,13-15,18H,7-12,16H2,1-2H3,(H,28,32). The molecule has 0 aliphatic carbocycles. The van der Waals surface area contributed by atoms with E-state index in [0.29, 0.717) is 11.3 Å². The van der Waals surface area contributed by atoms with Gasteiger partial charge in [-0.2, -0.15) is 0 Å². The number of thioether (sulfide) groups is 2. The van der Waals surface area contributed by atoms with E-state index in [2.05, 4.69) is 15.2 Å². The highest BCUT2D eigenvalue weighted by molar-refractivity contribution is 8.00. The van der Waals surface area contributed by atoms with E-state index in [1.54, 1.807) is 24.9 Å². The van der Waals surface area contributed by atoms with Crippen molar-refractivity contribution >= 4 is 52.1 Å². The van der Waals surface area contributed by atoms with Crippen LogP contribution in [0.2, 0.25) is 0 Å². The normalized spacial score (nSPS) is 16.4. The van der Waals surface area contributed by atoms with Gasteiger partial charge in [0.2, 0.25) is 5.91 Å². The Morgan fingerprint density at radius 1 is 1.22 bits per heavy atom. The maximum atomic E-state index is 13.1. The summed E-state index contributed by atoms with van der Waals surface area (Å²) in [4.78, 5) is 39.4. The number of anilines is 1. The molecule has 2 aromatic carbocycles. The Morgan fingerprint density at radius 3 is 2.86 bits per heavy atom. The van der Waals surface area contributed by atoms with Crippen molar-refractivity contribution in [3.63, 3.8) is 0 Å². The number of fused-ring (bicyclic) bond motifs is 2. The molecule has 0 radical (unpaired) electrons. The Balaban J connectivity index is 1.10. The summed E-state index contributed by atoms with van der Waals surface area (Å²) in [6, 6.07) is 11.5. The molecule has 5 rings (SSSR count). The predicted molar refractivity (Wildman–Crippen MR) is 144 cm³/mol. The van der Waals surface area contributed by atoms with E-state index in [0.717, 1.165) is 70.6 Å². The van der Waals surface area contributed by atoms with E-state index in [-0.39, 0.29) is 17.9 Å². The number of carbonyl (C=O) groups is 2. The summed E-state index contributed by atoms with van der Waals surface area (Å²) in [7, 11) is 3.54. The largest absolute Gasteiger partial charge is 0.497 e. The molecule has 0 unspecified atom stereocenters. The fourth-order valence-corrected chi connectivity index (χ4v) is 6.20. The molecule has 3 heterocycles. The van der Waals surface area contributed by atoms with E-state index in [1.165, 1.54) is 11.8 Å². The highest BCUT2D eigenvalue weighted by Crippen LogP contribution is 2.32. The Kier molecular flexibility index (Phi) is 7.64. The first-order valence-corrected chi connectivity index (χ1v) is 14.0. The van der Waals surface area contributed by atoms with Crippen molar-refractivity contribution in [1.82, 2.24) is 19.8 Å². The van der Waals surface area contributed by atoms with Crippen molar-refractivity contribution in [1.29, 1.82) is 0 Å². The zero-order valence-corrected chi connectivity index (χ0v) is 22.0. The van der Waals surface area contributed by atoms with Crippen LogP contribution in [0.4, 0.5) is 5.69 Å². The topological polar surface area (TPSA) is 87.7 Å². The van der Waals surface area contributed by atoms with Crippen LogP contribution in [0.1, 0.15) is 23.2 Å². The van der Waals surface area contributed by atoms with Crippen molar-refractivity contribution in [2.24, 2.45) is 0 Å². The van der Waals surface area contributed by atoms with E-state index in [9.17, 15) is 9.59 Å². The minimum Gasteiger partial charge on any atom is -0.497 e. The average Bonchev–Trinajstić information content (AvgIpc) is 2.91. The summed E-state index contributed by atoms with van der Waals surface area (Å²) >= 11 is 3.21. The van der Waals surface area contributed by atoms with Gasteiger partial charge in [-0.15, -0.1) is 23.5 Å². The third-order valence-corrected chi connectivity index (χ3v) is 8.62. The van der Waals surface area contributed by atoms with Crippen LogP contribution in [0.5, 0.6) is 5.75 Å². The molecule has 0 bridgehead atoms. The van der Waals surface area contributed by atoms with Crippen molar-refractivity contribution < 1.29 is 14.3 Å². The molecular weight excluding hydrogens is 494 g/mol. The first-order chi connectivity index (χ1) is 17.5. The number of methoxy groups -OCH3 is 1. The number of nitrogens with zero attached hydrogens (tertiary/aromatic N) is 4. The maximum Gasteiger partial charge on any atom is 0.253 e. The number of carbonyl (C=O) groups excluding carboxylic acids is 2. The molecule has 0 atom stereocenters. The molecule has 2 amide bonds. The van der Waals surface area contributed by atoms with Crippen molar-refractivity contribution in [3.05, 3.63) is 48.2 Å². The van der Waals surface area contributed by atoms with Crippen LogP contribution in [-0.2, 0) is 4.79 Å². The maximum absolute atomic E-state index is 13.1. The fourth-order valence-electron chi connectivity index (χ4n) is 4.57. The van der Waals surface area contributed by atoms with E-state index >= 15 is 0 Å². The van der Waals surface area contributed by atoms with E-state index in [1.807, 2.05) is 48.5 Å². The molecule has 1 saturated heterocycles. The SMILES string of the molecule is COc1ccc2ncc(SCCN3CCC(N(C)C(=O)c4ccc5c(c4)NC(=O)CS5)CC3)nc2c1. The first kappa shape index (κ1) is 24.9. The van der Waals surface area contributed by atoms with Gasteiger partial charge in [0, 0.05) is 55.0 Å². The van der Waals surface area contributed by atoms with Gasteiger partial charge in [0.15, 0.2) is 0 Å². The second kappa shape index (κ2) is 11.1. The van der Waals surface area contributed by atoms with Crippen molar-refractivity contribution in [2.75, 3.05) is 50.6 Å². The third-order valence-electron chi connectivity index (χ3n) is 6.67. The Morgan fingerprint density at radius 2 is 2.06 bits per heavy atom. The molecule has 2 aliphatic rings. The number of aromatic nitrogens is 2. The second-order valence-corrected chi connectivity index (χ2v) is 11.1. The van der Waals surface area contributed by atoms with Crippen LogP contribution in [0.25, 0.3) is 11.0 Å². The van der Waals surface area contributed by atoms with Crippen molar-refractivity contribution in [3.8, 4) is 5.75 Å². The van der Waals surface area contributed by atoms with Gasteiger partial charge in [0.05, 0.1) is 35.8 Å². The molecule has 3 aromatic rings. The number of ether oxygens (including phenoxy) is 1. The molecule has 1 aromatic heterocycles. The van der Waals surface area contributed by atoms with Crippen LogP contribution < -0.4 is 10.1 Å². The summed E-state index contributed by atoms with van der Waals surface area (Å²) < 4.78 is 5.29. The Labute approximate surface area is 219 Å². The third kappa shape index (κ3) is 5.61. The second-order valence-electron chi connectivity index (χ2n) is 8.95. The van der Waals surface area contributed by atoms with Gasteiger partial charge in [-0.05, 0) is 43.2 Å². The number of likely N-dealkylation sites (tertiary alicyclic amines) is 1. The van der Waals surface area contributed by atoms with Gasteiger partial charge in [-0.1, -0.05) is 0 Å². The number of amides is 2. The van der Waals surface area contributed by atoms with Gasteiger partial charge in [0.25, 0.3) is 5.91 Å². The number of rotatable bonds is 7. The van der Waals surface area contributed by atoms with E-state index < -0.39 is 0 Å². The lowest BCUT2D eigenvalue weighted by Gasteiger charge is -2.36. The lowest BCUT2D eigenvalue weighted by molar-refractivity contribution is -0.113. The monoisotopic (exact) mass is 523 g/mol. The van der Waals surface area contributed by atoms with Gasteiger partial charge < -0.3 is 19.9 Å². The van der Waals surface area contributed by atoms with Crippen LogP contribution in [0.15, 0.2) is 52.5 Å². The summed E-state index contributed by atoms with van der Waals surface area (Å²) in [6.45, 7) is 2.88. The van der Waals surface area contributed by atoms with Crippen LogP contribution in [-0.4, -0.2) is 82.9 Å². The van der Waals surface area contributed by atoms with E-state index in [4.69, 9.17) is 9.72 Å². The highest BCUT2D eigenvalue weighted by atomic mass is 32.2. The summed E-state index contributed by atoms with van der Waals surface area (Å²) in [5.74, 6) is 2.11. The zero-order valence-electron chi connectivity index (χ0n) is 20.4. The van der Waals surface area contributed by atoms with Gasteiger partial charge >= 0.3 is 0 Å². The minimum absolute atomic E-state index is 0.00290. The lowest BCUT2D eigenvalue weighted by atomic mass is 10.0. The van der Waals surface area contributed by atoms with Crippen LogP contribution >= 0.6 is 23.5 Å². The predicted octanol–water partition coefficient (Wildman–Crippen LogP) is 4.01. The Bertz CT molecular complexity index is 1280. The number of nitrogens with one attached hydrogen (secondary N) is 1. The molecule has 0 spiro atoms. The molecule has 0 saturated carbocycles. The Hall–Kier alpha value is -2.82. The highest BCUT2D eigenvalue weighted by Gasteiger charge is 2.27. The lowest BCUT2D eigenvalue weighted by Crippen LogP contribution is -2.46. The number of piperidine rings is 1. The van der Waals surface area contributed by atoms with Gasteiger partial charge in [-0.25, -0.2) is 4.98 Å². The van der Waals surface area contributed by atoms with Crippen molar-refractivity contribution in [2.45, 2.75) is 28.8 Å². The van der Waals surface area contributed by atoms with Crippen LogP contribution in [0.3, 0.4) is 0 Å². The average molecular weight is 524 g/mol. The zero-order chi connectivity index (χ0) is 25.1. The number of hydrogen-bond acceptors (Lipinski definition) is 8. The molecule has 36 heavy (non-hydrogen) atoms. The molecule has 1 fully saturated rings. The van der Waals surface area contributed by atoms with Crippen LogP contribution in [0, 0.1) is 0 Å². The molecule has 10 heteroatoms. The number of hydrogen-bond donors (Lipinski definition) is 1. The summed E-state index contributed by atoms with van der Waals surface area (Å²) in [5, 5.41) is 3.78. The minimum atomic E-state index is -0.0242. The smallest absolute Gasteiger partial charge is 0.253 e. The quantitative estimate of drug-likeness (QED) is 0.465. The summed E-state index contributed by atoms with van der Waals surface area (Å²) in [5.41, 5.74) is 3.05.